The number of esters is 1. The van der Waals surface area contributed by atoms with Crippen molar-refractivity contribution in [2.45, 2.75) is 13.5 Å². The molecule has 0 radical (unpaired) electrons. The molecule has 0 aliphatic carbocycles. The highest BCUT2D eigenvalue weighted by molar-refractivity contribution is 6.31. The summed E-state index contributed by atoms with van der Waals surface area (Å²) in [6.45, 7) is 2.07. The molecule has 2 aromatic rings. The molecule has 0 saturated carbocycles. The van der Waals surface area contributed by atoms with Gasteiger partial charge in [0.1, 0.15) is 6.61 Å². The first kappa shape index (κ1) is 13.4. The molecule has 98 valence electrons. The van der Waals surface area contributed by atoms with Crippen LogP contribution in [-0.4, -0.2) is 5.97 Å². The Labute approximate surface area is 117 Å². The molecule has 0 saturated heterocycles. The minimum atomic E-state index is -0.376. The first-order chi connectivity index (χ1) is 9.06. The molecule has 2 rings (SSSR count). The Morgan fingerprint density at radius 3 is 2.58 bits per heavy atom. The van der Waals surface area contributed by atoms with Gasteiger partial charge in [-0.05, 0) is 37.3 Å². The second-order valence-corrected chi connectivity index (χ2v) is 4.70. The second-order valence-electron chi connectivity index (χ2n) is 4.29. The van der Waals surface area contributed by atoms with Gasteiger partial charge in [0.2, 0.25) is 0 Å². The van der Waals surface area contributed by atoms with E-state index in [4.69, 9.17) is 22.1 Å². The highest BCUT2D eigenvalue weighted by Crippen LogP contribution is 2.20. The summed E-state index contributed by atoms with van der Waals surface area (Å²) in [4.78, 5) is 11.8. The number of benzene rings is 2. The Morgan fingerprint density at radius 1 is 1.21 bits per heavy atom. The van der Waals surface area contributed by atoms with Gasteiger partial charge in [-0.3, -0.25) is 0 Å². The van der Waals surface area contributed by atoms with Crippen LogP contribution in [0.5, 0.6) is 0 Å². The van der Waals surface area contributed by atoms with Crippen LogP contribution >= 0.6 is 11.6 Å². The average molecular weight is 276 g/mol. The molecule has 0 aliphatic heterocycles. The molecule has 0 aliphatic rings. The number of nitrogen functional groups attached to an aromatic ring is 1. The van der Waals surface area contributed by atoms with E-state index in [-0.39, 0.29) is 12.6 Å². The van der Waals surface area contributed by atoms with Crippen molar-refractivity contribution in [1.82, 2.24) is 0 Å². The summed E-state index contributed by atoms with van der Waals surface area (Å²) in [6.07, 6.45) is 0. The molecule has 0 unspecified atom stereocenters. The van der Waals surface area contributed by atoms with Gasteiger partial charge >= 0.3 is 5.97 Å². The number of rotatable bonds is 3. The molecule has 19 heavy (non-hydrogen) atoms. The van der Waals surface area contributed by atoms with Gasteiger partial charge in [-0.2, -0.15) is 0 Å². The lowest BCUT2D eigenvalue weighted by molar-refractivity contribution is 0.0473. The molecule has 0 atom stereocenters. The topological polar surface area (TPSA) is 52.3 Å². The van der Waals surface area contributed by atoms with E-state index in [0.29, 0.717) is 21.8 Å². The fourth-order valence-electron chi connectivity index (χ4n) is 1.62. The van der Waals surface area contributed by atoms with Gasteiger partial charge in [-0.1, -0.05) is 29.3 Å². The molecule has 0 fully saturated rings. The summed E-state index contributed by atoms with van der Waals surface area (Å²) < 4.78 is 5.21. The number of hydrogen-bond donors (Lipinski definition) is 1. The molecule has 0 aromatic heterocycles. The molecular formula is C15H14ClNO2. The maximum atomic E-state index is 11.8. The van der Waals surface area contributed by atoms with E-state index in [9.17, 15) is 4.79 Å². The fourth-order valence-corrected chi connectivity index (χ4v) is 1.79. The zero-order valence-electron chi connectivity index (χ0n) is 10.5. The van der Waals surface area contributed by atoms with Crippen molar-refractivity contribution in [3.05, 3.63) is 64.2 Å². The van der Waals surface area contributed by atoms with E-state index >= 15 is 0 Å². The number of anilines is 1. The third-order valence-corrected chi connectivity index (χ3v) is 3.08. The number of hydrogen-bond acceptors (Lipinski definition) is 3. The second kappa shape index (κ2) is 5.76. The summed E-state index contributed by atoms with van der Waals surface area (Å²) in [5.74, 6) is -0.376. The molecule has 4 heteroatoms. The monoisotopic (exact) mass is 275 g/mol. The van der Waals surface area contributed by atoms with Gasteiger partial charge in [0.15, 0.2) is 0 Å². The van der Waals surface area contributed by atoms with E-state index in [0.717, 1.165) is 5.56 Å². The van der Waals surface area contributed by atoms with Crippen LogP contribution in [0.3, 0.4) is 0 Å². The van der Waals surface area contributed by atoms with Gasteiger partial charge in [0.05, 0.1) is 5.56 Å². The first-order valence-corrected chi connectivity index (χ1v) is 6.22. The van der Waals surface area contributed by atoms with Crippen molar-refractivity contribution in [3.8, 4) is 0 Å². The average Bonchev–Trinajstić information content (AvgIpc) is 2.40. The Morgan fingerprint density at radius 2 is 1.89 bits per heavy atom. The molecule has 2 N–H and O–H groups in total. The van der Waals surface area contributed by atoms with E-state index in [1.165, 1.54) is 0 Å². The van der Waals surface area contributed by atoms with E-state index in [1.54, 1.807) is 30.3 Å². The molecule has 0 spiro atoms. The molecule has 3 nitrogen and oxygen atoms in total. The lowest BCUT2D eigenvalue weighted by Gasteiger charge is -2.07. The van der Waals surface area contributed by atoms with E-state index in [2.05, 4.69) is 0 Å². The van der Waals surface area contributed by atoms with Crippen LogP contribution in [0.2, 0.25) is 5.02 Å². The highest BCUT2D eigenvalue weighted by atomic mass is 35.5. The Balaban J connectivity index is 2.04. The van der Waals surface area contributed by atoms with Crippen LogP contribution in [0.4, 0.5) is 5.69 Å². The summed E-state index contributed by atoms with van der Waals surface area (Å²) in [6, 6.07) is 12.3. The van der Waals surface area contributed by atoms with Crippen molar-refractivity contribution < 1.29 is 9.53 Å². The van der Waals surface area contributed by atoms with Crippen LogP contribution in [-0.2, 0) is 11.3 Å². The minimum Gasteiger partial charge on any atom is -0.457 e. The number of carbonyl (C=O) groups excluding carboxylic acids is 1. The predicted molar refractivity (Wildman–Crippen MR) is 76.2 cm³/mol. The van der Waals surface area contributed by atoms with Crippen molar-refractivity contribution in [1.29, 1.82) is 0 Å². The fraction of sp³-hybridized carbons (Fsp3) is 0.133. The minimum absolute atomic E-state index is 0.108. The zero-order chi connectivity index (χ0) is 13.8. The zero-order valence-corrected chi connectivity index (χ0v) is 11.3. The third kappa shape index (κ3) is 3.48. The van der Waals surface area contributed by atoms with E-state index < -0.39 is 0 Å². The molecule has 0 heterocycles. The van der Waals surface area contributed by atoms with Crippen LogP contribution in [0.15, 0.2) is 42.5 Å². The molecule has 2 aromatic carbocycles. The number of ether oxygens (including phenoxy) is 1. The lowest BCUT2D eigenvalue weighted by atomic mass is 10.1. The quantitative estimate of drug-likeness (QED) is 0.688. The van der Waals surface area contributed by atoms with Crippen LogP contribution in [0, 0.1) is 6.92 Å². The van der Waals surface area contributed by atoms with Gasteiger partial charge in [0.25, 0.3) is 0 Å². The highest BCUT2D eigenvalue weighted by Gasteiger charge is 2.08. The van der Waals surface area contributed by atoms with E-state index in [1.807, 2.05) is 19.1 Å². The molecule has 0 bridgehead atoms. The van der Waals surface area contributed by atoms with Crippen LogP contribution < -0.4 is 5.73 Å². The van der Waals surface area contributed by atoms with Gasteiger partial charge in [0, 0.05) is 16.3 Å². The van der Waals surface area contributed by atoms with Crippen LogP contribution in [0.25, 0.3) is 0 Å². The van der Waals surface area contributed by atoms with Crippen molar-refractivity contribution in [3.63, 3.8) is 0 Å². The number of halogens is 1. The van der Waals surface area contributed by atoms with Crippen molar-refractivity contribution in [2.75, 3.05) is 5.73 Å². The summed E-state index contributed by atoms with van der Waals surface area (Å²) in [5, 5.41) is 0.533. The van der Waals surface area contributed by atoms with Gasteiger partial charge in [-0.25, -0.2) is 4.79 Å². The SMILES string of the molecule is Cc1ccc(C(=O)OCc2cc(N)ccc2Cl)cc1. The molecule has 0 amide bonds. The Hall–Kier alpha value is -2.00. The number of aryl methyl sites for hydroxylation is 1. The Kier molecular flexibility index (Phi) is 4.07. The third-order valence-electron chi connectivity index (χ3n) is 2.72. The van der Waals surface area contributed by atoms with Crippen molar-refractivity contribution in [2.24, 2.45) is 0 Å². The van der Waals surface area contributed by atoms with Gasteiger partial charge < -0.3 is 10.5 Å². The standard InChI is InChI=1S/C15H14ClNO2/c1-10-2-4-11(5-3-10)15(18)19-9-12-8-13(17)6-7-14(12)16/h2-8H,9,17H2,1H3. The maximum absolute atomic E-state index is 11.8. The summed E-state index contributed by atoms with van der Waals surface area (Å²) >= 11 is 6.00. The maximum Gasteiger partial charge on any atom is 0.338 e. The number of nitrogens with two attached hydrogens (primary N) is 1. The lowest BCUT2D eigenvalue weighted by Crippen LogP contribution is -2.05. The van der Waals surface area contributed by atoms with Crippen LogP contribution in [0.1, 0.15) is 21.5 Å². The van der Waals surface area contributed by atoms with Crippen molar-refractivity contribution >= 4 is 23.3 Å². The number of carbonyl (C=O) groups is 1. The summed E-state index contributed by atoms with van der Waals surface area (Å²) in [7, 11) is 0. The first-order valence-electron chi connectivity index (χ1n) is 5.84. The normalized spacial score (nSPS) is 10.2. The smallest absolute Gasteiger partial charge is 0.338 e. The predicted octanol–water partition coefficient (Wildman–Crippen LogP) is 3.59. The summed E-state index contributed by atoms with van der Waals surface area (Å²) in [5.41, 5.74) is 8.56. The molecular weight excluding hydrogens is 262 g/mol. The largest absolute Gasteiger partial charge is 0.457 e. The Bertz CT molecular complexity index is 594. The van der Waals surface area contributed by atoms with Gasteiger partial charge in [-0.15, -0.1) is 0 Å².